The van der Waals surface area contributed by atoms with Crippen LogP contribution in [0.5, 0.6) is 17.2 Å². The summed E-state index contributed by atoms with van der Waals surface area (Å²) in [5.74, 6) is 1.99. The van der Waals surface area contributed by atoms with Crippen molar-refractivity contribution in [1.29, 1.82) is 0 Å². The lowest BCUT2D eigenvalue weighted by atomic mass is 10.1. The van der Waals surface area contributed by atoms with Gasteiger partial charge in [-0.1, -0.05) is 12.1 Å². The standard InChI is InChI=1S/C19H20O4/c1-4-23-19-13-14(6-12-18(19)22-3)5-11-17(20)15-7-9-16(21-2)10-8-15/h5-13H,4H2,1-3H3/b11-5+. The quantitative estimate of drug-likeness (QED) is 0.572. The van der Waals surface area contributed by atoms with E-state index < -0.39 is 0 Å². The van der Waals surface area contributed by atoms with Crippen molar-refractivity contribution in [2.45, 2.75) is 6.92 Å². The van der Waals surface area contributed by atoms with Crippen molar-refractivity contribution in [2.24, 2.45) is 0 Å². The normalized spacial score (nSPS) is 10.6. The molecule has 0 bridgehead atoms. The minimum Gasteiger partial charge on any atom is -0.497 e. The molecule has 0 heterocycles. The summed E-state index contributed by atoms with van der Waals surface area (Å²) in [7, 11) is 3.19. The van der Waals surface area contributed by atoms with Crippen LogP contribution < -0.4 is 14.2 Å². The van der Waals surface area contributed by atoms with E-state index in [-0.39, 0.29) is 5.78 Å². The number of carbonyl (C=O) groups is 1. The van der Waals surface area contributed by atoms with Crippen LogP contribution in [0.25, 0.3) is 6.08 Å². The highest BCUT2D eigenvalue weighted by molar-refractivity contribution is 6.06. The molecule has 0 saturated heterocycles. The smallest absolute Gasteiger partial charge is 0.185 e. The first kappa shape index (κ1) is 16.6. The van der Waals surface area contributed by atoms with E-state index in [1.54, 1.807) is 50.6 Å². The Morgan fingerprint density at radius 3 is 2.35 bits per heavy atom. The molecule has 0 atom stereocenters. The highest BCUT2D eigenvalue weighted by Crippen LogP contribution is 2.28. The molecular weight excluding hydrogens is 292 g/mol. The summed E-state index contributed by atoms with van der Waals surface area (Å²) in [6, 6.07) is 12.6. The second-order valence-electron chi connectivity index (χ2n) is 4.77. The molecule has 4 nitrogen and oxygen atoms in total. The fraction of sp³-hybridized carbons (Fsp3) is 0.211. The highest BCUT2D eigenvalue weighted by atomic mass is 16.5. The van der Waals surface area contributed by atoms with E-state index in [1.807, 2.05) is 25.1 Å². The SMILES string of the molecule is CCOc1cc(/C=C/C(=O)c2ccc(OC)cc2)ccc1OC. The van der Waals surface area contributed by atoms with Crippen molar-refractivity contribution < 1.29 is 19.0 Å². The second-order valence-corrected chi connectivity index (χ2v) is 4.77. The molecule has 2 aromatic carbocycles. The largest absolute Gasteiger partial charge is 0.497 e. The number of benzene rings is 2. The molecule has 0 aliphatic rings. The monoisotopic (exact) mass is 312 g/mol. The van der Waals surface area contributed by atoms with Gasteiger partial charge < -0.3 is 14.2 Å². The Balaban J connectivity index is 2.15. The predicted molar refractivity (Wildman–Crippen MR) is 90.5 cm³/mol. The Morgan fingerprint density at radius 1 is 1.00 bits per heavy atom. The summed E-state index contributed by atoms with van der Waals surface area (Å²) in [5.41, 5.74) is 1.48. The van der Waals surface area contributed by atoms with E-state index in [0.717, 1.165) is 11.3 Å². The van der Waals surface area contributed by atoms with Gasteiger partial charge in [-0.2, -0.15) is 0 Å². The molecule has 0 unspecified atom stereocenters. The molecule has 0 aromatic heterocycles. The lowest BCUT2D eigenvalue weighted by Gasteiger charge is -2.09. The summed E-state index contributed by atoms with van der Waals surface area (Å²) in [6.07, 6.45) is 3.30. The Hall–Kier alpha value is -2.75. The maximum absolute atomic E-state index is 12.2. The zero-order valence-electron chi connectivity index (χ0n) is 13.5. The molecule has 0 amide bonds. The summed E-state index contributed by atoms with van der Waals surface area (Å²) in [4.78, 5) is 12.2. The summed E-state index contributed by atoms with van der Waals surface area (Å²) < 4.78 is 15.9. The lowest BCUT2D eigenvalue weighted by molar-refractivity contribution is 0.104. The maximum Gasteiger partial charge on any atom is 0.185 e. The first-order chi connectivity index (χ1) is 11.2. The first-order valence-corrected chi connectivity index (χ1v) is 7.35. The molecule has 0 aliphatic carbocycles. The van der Waals surface area contributed by atoms with Gasteiger partial charge in [0.15, 0.2) is 17.3 Å². The van der Waals surface area contributed by atoms with Crippen LogP contribution >= 0.6 is 0 Å². The van der Waals surface area contributed by atoms with Gasteiger partial charge in [-0.25, -0.2) is 0 Å². The molecule has 0 fully saturated rings. The number of hydrogen-bond acceptors (Lipinski definition) is 4. The van der Waals surface area contributed by atoms with E-state index in [1.165, 1.54) is 0 Å². The van der Waals surface area contributed by atoms with Crippen LogP contribution in [0.1, 0.15) is 22.8 Å². The number of methoxy groups -OCH3 is 2. The Kier molecular flexibility index (Phi) is 5.80. The minimum atomic E-state index is -0.0681. The molecular formula is C19H20O4. The average molecular weight is 312 g/mol. The van der Waals surface area contributed by atoms with Gasteiger partial charge in [0.2, 0.25) is 0 Å². The Bertz CT molecular complexity index is 687. The molecule has 0 saturated carbocycles. The summed E-state index contributed by atoms with van der Waals surface area (Å²) in [5, 5.41) is 0. The van der Waals surface area contributed by atoms with E-state index in [4.69, 9.17) is 14.2 Å². The summed E-state index contributed by atoms with van der Waals surface area (Å²) >= 11 is 0. The van der Waals surface area contributed by atoms with Crippen LogP contribution in [0.2, 0.25) is 0 Å². The third-order valence-electron chi connectivity index (χ3n) is 3.29. The molecule has 2 rings (SSSR count). The number of allylic oxidation sites excluding steroid dienone is 1. The van der Waals surface area contributed by atoms with Crippen LogP contribution in [0.3, 0.4) is 0 Å². The fourth-order valence-corrected chi connectivity index (χ4v) is 2.09. The Labute approximate surface area is 136 Å². The molecule has 23 heavy (non-hydrogen) atoms. The molecule has 0 spiro atoms. The van der Waals surface area contributed by atoms with Crippen molar-refractivity contribution in [3.63, 3.8) is 0 Å². The van der Waals surface area contributed by atoms with E-state index in [0.29, 0.717) is 23.7 Å². The van der Waals surface area contributed by atoms with E-state index >= 15 is 0 Å². The first-order valence-electron chi connectivity index (χ1n) is 7.35. The summed E-state index contributed by atoms with van der Waals surface area (Å²) in [6.45, 7) is 2.46. The number of ether oxygens (including phenoxy) is 3. The van der Waals surface area contributed by atoms with Gasteiger partial charge in [-0.3, -0.25) is 4.79 Å². The highest BCUT2D eigenvalue weighted by Gasteiger charge is 2.05. The Morgan fingerprint density at radius 2 is 1.74 bits per heavy atom. The van der Waals surface area contributed by atoms with Gasteiger partial charge in [-0.05, 0) is 55.0 Å². The molecule has 0 N–H and O–H groups in total. The molecule has 0 aliphatic heterocycles. The van der Waals surface area contributed by atoms with Gasteiger partial charge in [0.25, 0.3) is 0 Å². The molecule has 2 aromatic rings. The van der Waals surface area contributed by atoms with Crippen molar-refractivity contribution in [3.8, 4) is 17.2 Å². The third kappa shape index (κ3) is 4.36. The average Bonchev–Trinajstić information content (AvgIpc) is 2.60. The van der Waals surface area contributed by atoms with Gasteiger partial charge >= 0.3 is 0 Å². The fourth-order valence-electron chi connectivity index (χ4n) is 2.09. The van der Waals surface area contributed by atoms with Crippen molar-refractivity contribution in [1.82, 2.24) is 0 Å². The van der Waals surface area contributed by atoms with Gasteiger partial charge in [0.05, 0.1) is 20.8 Å². The van der Waals surface area contributed by atoms with Crippen molar-refractivity contribution >= 4 is 11.9 Å². The lowest BCUT2D eigenvalue weighted by Crippen LogP contribution is -1.96. The number of rotatable bonds is 7. The number of ketones is 1. The second kappa shape index (κ2) is 8.03. The maximum atomic E-state index is 12.2. The topological polar surface area (TPSA) is 44.8 Å². The predicted octanol–water partition coefficient (Wildman–Crippen LogP) is 4.00. The van der Waals surface area contributed by atoms with E-state index in [2.05, 4.69) is 0 Å². The molecule has 0 radical (unpaired) electrons. The van der Waals surface area contributed by atoms with Gasteiger partial charge in [0, 0.05) is 5.56 Å². The van der Waals surface area contributed by atoms with Crippen LogP contribution in [-0.2, 0) is 0 Å². The van der Waals surface area contributed by atoms with Crippen LogP contribution in [-0.4, -0.2) is 26.6 Å². The molecule has 4 heteroatoms. The van der Waals surface area contributed by atoms with E-state index in [9.17, 15) is 4.79 Å². The van der Waals surface area contributed by atoms with Gasteiger partial charge in [0.1, 0.15) is 5.75 Å². The van der Waals surface area contributed by atoms with Crippen molar-refractivity contribution in [3.05, 3.63) is 59.7 Å². The van der Waals surface area contributed by atoms with Crippen molar-refractivity contribution in [2.75, 3.05) is 20.8 Å². The number of carbonyl (C=O) groups excluding carboxylic acids is 1. The third-order valence-corrected chi connectivity index (χ3v) is 3.29. The van der Waals surface area contributed by atoms with Crippen LogP contribution in [0, 0.1) is 0 Å². The number of hydrogen-bond donors (Lipinski definition) is 0. The van der Waals surface area contributed by atoms with Crippen LogP contribution in [0.15, 0.2) is 48.5 Å². The minimum absolute atomic E-state index is 0.0681. The zero-order chi connectivity index (χ0) is 16.7. The van der Waals surface area contributed by atoms with Gasteiger partial charge in [-0.15, -0.1) is 0 Å². The van der Waals surface area contributed by atoms with Crippen LogP contribution in [0.4, 0.5) is 0 Å². The molecule has 120 valence electrons. The zero-order valence-corrected chi connectivity index (χ0v) is 13.5.